The van der Waals surface area contributed by atoms with Crippen molar-refractivity contribution in [1.82, 2.24) is 15.1 Å². The summed E-state index contributed by atoms with van der Waals surface area (Å²) in [5, 5.41) is 6.34. The number of hydrogen-bond acceptors (Lipinski definition) is 4. The molecule has 18 heavy (non-hydrogen) atoms. The Morgan fingerprint density at radius 2 is 2.00 bits per heavy atom. The van der Waals surface area contributed by atoms with Crippen LogP contribution in [0.5, 0.6) is 0 Å². The van der Waals surface area contributed by atoms with Crippen LogP contribution in [0.3, 0.4) is 0 Å². The Labute approximate surface area is 103 Å². The van der Waals surface area contributed by atoms with Crippen LogP contribution in [0.1, 0.15) is 18.5 Å². The van der Waals surface area contributed by atoms with Crippen molar-refractivity contribution in [3.63, 3.8) is 0 Å². The normalized spacial score (nSPS) is 21.4. The van der Waals surface area contributed by atoms with Crippen molar-refractivity contribution < 1.29 is 14.4 Å². The van der Waals surface area contributed by atoms with Gasteiger partial charge in [0.2, 0.25) is 5.91 Å². The van der Waals surface area contributed by atoms with Gasteiger partial charge in [-0.2, -0.15) is 5.10 Å². The molecule has 7 nitrogen and oxygen atoms in total. The molecule has 2 heterocycles. The Bertz CT molecular complexity index is 585. The quantitative estimate of drug-likeness (QED) is 0.714. The third kappa shape index (κ3) is 1.24. The summed E-state index contributed by atoms with van der Waals surface area (Å²) < 4.78 is 1.53. The molecule has 1 saturated heterocycles. The van der Waals surface area contributed by atoms with Crippen molar-refractivity contribution in [3.05, 3.63) is 11.9 Å². The van der Waals surface area contributed by atoms with E-state index in [1.54, 1.807) is 20.2 Å². The number of anilines is 1. The summed E-state index contributed by atoms with van der Waals surface area (Å²) in [7, 11) is 1.71. The Morgan fingerprint density at radius 3 is 2.50 bits per heavy atom. The summed E-state index contributed by atoms with van der Waals surface area (Å²) in [6.07, 6.45) is 2.60. The largest absolute Gasteiger partial charge is 0.335 e. The van der Waals surface area contributed by atoms with Crippen molar-refractivity contribution >= 4 is 23.5 Å². The predicted molar refractivity (Wildman–Crippen MR) is 60.6 cm³/mol. The second-order valence-corrected chi connectivity index (χ2v) is 4.76. The zero-order valence-electron chi connectivity index (χ0n) is 10.1. The first-order valence-electron chi connectivity index (χ1n) is 5.66. The Hall–Kier alpha value is -2.18. The van der Waals surface area contributed by atoms with Crippen molar-refractivity contribution in [2.45, 2.75) is 19.8 Å². The molecule has 1 aliphatic heterocycles. The molecule has 1 saturated carbocycles. The average molecular weight is 248 g/mol. The van der Waals surface area contributed by atoms with E-state index in [1.807, 2.05) is 0 Å². The van der Waals surface area contributed by atoms with Crippen LogP contribution in [0.15, 0.2) is 6.20 Å². The molecule has 3 rings (SSSR count). The van der Waals surface area contributed by atoms with Gasteiger partial charge in [-0.1, -0.05) is 0 Å². The molecule has 1 aromatic heterocycles. The fourth-order valence-corrected chi connectivity index (χ4v) is 2.27. The molecule has 94 valence electrons. The summed E-state index contributed by atoms with van der Waals surface area (Å²) in [6.45, 7) is 1.71. The van der Waals surface area contributed by atoms with Gasteiger partial charge in [0.05, 0.1) is 11.4 Å². The van der Waals surface area contributed by atoms with Crippen molar-refractivity contribution in [1.29, 1.82) is 0 Å². The van der Waals surface area contributed by atoms with E-state index in [0.29, 0.717) is 24.2 Å². The standard InChI is InChI=1S/C11H12N4O3/c1-6-7(5-14(2)13-6)15-9(17)11(3-4-11)8(16)12-10(15)18/h5H,3-4H2,1-2H3,(H,12,16,18). The van der Waals surface area contributed by atoms with Crippen molar-refractivity contribution in [3.8, 4) is 0 Å². The second kappa shape index (κ2) is 3.18. The predicted octanol–water partition coefficient (Wildman–Crippen LogP) is 0.0915. The van der Waals surface area contributed by atoms with Crippen LogP contribution in [-0.4, -0.2) is 27.6 Å². The number of aryl methyl sites for hydroxylation is 2. The Morgan fingerprint density at radius 1 is 1.33 bits per heavy atom. The highest BCUT2D eigenvalue weighted by atomic mass is 16.2. The zero-order valence-corrected chi connectivity index (χ0v) is 10.1. The van der Waals surface area contributed by atoms with Gasteiger partial charge in [-0.15, -0.1) is 0 Å². The highest BCUT2D eigenvalue weighted by Gasteiger charge is 2.62. The molecule has 0 aromatic carbocycles. The van der Waals surface area contributed by atoms with E-state index in [2.05, 4.69) is 10.4 Å². The van der Waals surface area contributed by atoms with E-state index in [0.717, 1.165) is 4.90 Å². The number of nitrogens with one attached hydrogen (secondary N) is 1. The first kappa shape index (κ1) is 10.9. The molecule has 0 unspecified atom stereocenters. The first-order chi connectivity index (χ1) is 8.45. The molecule has 0 bridgehead atoms. The number of imide groups is 2. The maximum absolute atomic E-state index is 12.3. The number of nitrogens with zero attached hydrogens (tertiary/aromatic N) is 3. The van der Waals surface area contributed by atoms with Gasteiger partial charge < -0.3 is 0 Å². The molecule has 7 heteroatoms. The molecule has 2 aliphatic rings. The van der Waals surface area contributed by atoms with Crippen LogP contribution in [0.2, 0.25) is 0 Å². The summed E-state index contributed by atoms with van der Waals surface area (Å²) in [4.78, 5) is 36.8. The molecule has 4 amide bonds. The molecular formula is C11H12N4O3. The lowest BCUT2D eigenvalue weighted by Gasteiger charge is -2.29. The highest BCUT2D eigenvalue weighted by Crippen LogP contribution is 2.49. The van der Waals surface area contributed by atoms with E-state index < -0.39 is 23.3 Å². The monoisotopic (exact) mass is 248 g/mol. The molecule has 1 aliphatic carbocycles. The lowest BCUT2D eigenvalue weighted by Crippen LogP contribution is -2.59. The Balaban J connectivity index is 2.06. The van der Waals surface area contributed by atoms with Gasteiger partial charge in [0, 0.05) is 13.2 Å². The number of urea groups is 1. The minimum atomic E-state index is -1.02. The van der Waals surface area contributed by atoms with Crippen LogP contribution in [-0.2, 0) is 16.6 Å². The van der Waals surface area contributed by atoms with Crippen LogP contribution in [0.25, 0.3) is 0 Å². The van der Waals surface area contributed by atoms with Gasteiger partial charge in [-0.05, 0) is 19.8 Å². The molecular weight excluding hydrogens is 236 g/mol. The summed E-state index contributed by atoms with van der Waals surface area (Å²) >= 11 is 0. The van der Waals surface area contributed by atoms with E-state index >= 15 is 0 Å². The van der Waals surface area contributed by atoms with E-state index in [4.69, 9.17) is 0 Å². The molecule has 1 spiro atoms. The van der Waals surface area contributed by atoms with Crippen LogP contribution >= 0.6 is 0 Å². The average Bonchev–Trinajstić information content (AvgIpc) is 3.01. The first-order valence-corrected chi connectivity index (χ1v) is 5.66. The van der Waals surface area contributed by atoms with Crippen LogP contribution in [0.4, 0.5) is 10.5 Å². The summed E-state index contributed by atoms with van der Waals surface area (Å²) in [5.74, 6) is -0.914. The van der Waals surface area contributed by atoms with Crippen molar-refractivity contribution in [2.24, 2.45) is 12.5 Å². The number of barbiturate groups is 1. The van der Waals surface area contributed by atoms with E-state index in [1.165, 1.54) is 4.68 Å². The number of rotatable bonds is 1. The number of carbonyl (C=O) groups excluding carboxylic acids is 3. The molecule has 2 fully saturated rings. The third-order valence-corrected chi connectivity index (χ3v) is 3.45. The summed E-state index contributed by atoms with van der Waals surface area (Å²) in [6, 6.07) is -0.696. The number of carbonyl (C=O) groups is 3. The smallest absolute Gasteiger partial charge is 0.276 e. The van der Waals surface area contributed by atoms with Gasteiger partial charge >= 0.3 is 6.03 Å². The lowest BCUT2D eigenvalue weighted by molar-refractivity contribution is -0.136. The molecule has 0 atom stereocenters. The third-order valence-electron chi connectivity index (χ3n) is 3.45. The minimum absolute atomic E-state index is 0.429. The van der Waals surface area contributed by atoms with E-state index in [9.17, 15) is 14.4 Å². The van der Waals surface area contributed by atoms with Gasteiger partial charge in [-0.3, -0.25) is 19.6 Å². The minimum Gasteiger partial charge on any atom is -0.276 e. The SMILES string of the molecule is Cc1nn(C)cc1N1C(=O)NC(=O)C2(CC2)C1=O. The van der Waals surface area contributed by atoms with E-state index in [-0.39, 0.29) is 0 Å². The topological polar surface area (TPSA) is 84.3 Å². The second-order valence-electron chi connectivity index (χ2n) is 4.76. The maximum atomic E-state index is 12.3. The zero-order chi connectivity index (χ0) is 13.1. The molecule has 1 aromatic rings. The van der Waals surface area contributed by atoms with Crippen molar-refractivity contribution in [2.75, 3.05) is 4.90 Å². The molecule has 0 radical (unpaired) electrons. The number of amides is 4. The highest BCUT2D eigenvalue weighted by molar-refractivity contribution is 6.31. The molecule has 1 N–H and O–H groups in total. The fraction of sp³-hybridized carbons (Fsp3) is 0.455. The van der Waals surface area contributed by atoms with Crippen LogP contribution < -0.4 is 10.2 Å². The lowest BCUT2D eigenvalue weighted by atomic mass is 10.0. The van der Waals surface area contributed by atoms with Gasteiger partial charge in [0.25, 0.3) is 5.91 Å². The number of hydrogen-bond donors (Lipinski definition) is 1. The Kier molecular flexibility index (Phi) is 1.93. The number of aromatic nitrogens is 2. The van der Waals surface area contributed by atoms with Gasteiger partial charge in [0.1, 0.15) is 5.41 Å². The van der Waals surface area contributed by atoms with Crippen LogP contribution in [0, 0.1) is 12.3 Å². The summed E-state index contributed by atoms with van der Waals surface area (Å²) in [5.41, 5.74) is -0.0131. The van der Waals surface area contributed by atoms with Gasteiger partial charge in [-0.25, -0.2) is 9.69 Å². The fourth-order valence-electron chi connectivity index (χ4n) is 2.27. The van der Waals surface area contributed by atoms with Gasteiger partial charge in [0.15, 0.2) is 0 Å². The maximum Gasteiger partial charge on any atom is 0.335 e.